The highest BCUT2D eigenvalue weighted by atomic mass is 32.1. The third-order valence-electron chi connectivity index (χ3n) is 5.85. The summed E-state index contributed by atoms with van der Waals surface area (Å²) in [6.07, 6.45) is 0.364. The molecule has 0 aliphatic rings. The van der Waals surface area contributed by atoms with Crippen LogP contribution in [0.4, 0.5) is 0 Å². The highest BCUT2D eigenvalue weighted by Gasteiger charge is 2.27. The smallest absolute Gasteiger partial charge is 0.262 e. The Morgan fingerprint density at radius 2 is 1.76 bits per heavy atom. The number of aromatic hydroxyl groups is 1. The monoisotopic (exact) mass is 520 g/mol. The summed E-state index contributed by atoms with van der Waals surface area (Å²) < 4.78 is 22.1. The van der Waals surface area contributed by atoms with Crippen LogP contribution < -0.4 is 15.0 Å². The van der Waals surface area contributed by atoms with Crippen molar-refractivity contribution < 1.29 is 23.8 Å². The standard InChI is InChI=1S/C26H24N4O6S/c1-4-35-13-16-21(22-18(33-2)10-7-11-19(22)34-3)24(31)23(25(32)27-16)26-29-28-20(37-26)12-15-14-8-5-6-9-17(14)36-30-15/h5-11H,4,12-13H2,1-3H3,(H2,27,31,32). The molecular weight excluding hydrogens is 496 g/mol. The summed E-state index contributed by atoms with van der Waals surface area (Å²) in [6.45, 7) is 2.33. The molecule has 0 spiro atoms. The SMILES string of the molecule is CCOCc1[nH]c(=O)c(-c2nnc(Cc3noc4ccccc34)s2)c(O)c1-c1c(OC)cccc1OC. The zero-order valence-electron chi connectivity index (χ0n) is 20.4. The number of aromatic amines is 1. The molecule has 2 aromatic carbocycles. The number of hydrogen-bond donors (Lipinski definition) is 2. The minimum atomic E-state index is -0.514. The van der Waals surface area contributed by atoms with E-state index < -0.39 is 5.56 Å². The molecule has 11 heteroatoms. The maximum atomic E-state index is 13.2. The fraction of sp³-hybridized carbons (Fsp3) is 0.231. The Kier molecular flexibility index (Phi) is 6.89. The number of benzene rings is 2. The first-order valence-corrected chi connectivity index (χ1v) is 12.3. The Balaban J connectivity index is 1.63. The maximum Gasteiger partial charge on any atom is 0.262 e. The second kappa shape index (κ2) is 10.4. The van der Waals surface area contributed by atoms with Crippen molar-refractivity contribution in [3.63, 3.8) is 0 Å². The van der Waals surface area contributed by atoms with Crippen LogP contribution in [-0.2, 0) is 17.8 Å². The average Bonchev–Trinajstić information content (AvgIpc) is 3.54. The van der Waals surface area contributed by atoms with Crippen molar-refractivity contribution in [3.8, 4) is 38.9 Å². The van der Waals surface area contributed by atoms with Gasteiger partial charge in [-0.1, -0.05) is 34.7 Å². The first-order chi connectivity index (χ1) is 18.0. The highest BCUT2D eigenvalue weighted by molar-refractivity contribution is 7.14. The number of nitrogens with zero attached hydrogens (tertiary/aromatic N) is 3. The van der Waals surface area contributed by atoms with E-state index in [0.717, 1.165) is 5.39 Å². The van der Waals surface area contributed by atoms with E-state index >= 15 is 0 Å². The van der Waals surface area contributed by atoms with Gasteiger partial charge >= 0.3 is 0 Å². The summed E-state index contributed by atoms with van der Waals surface area (Å²) in [4.78, 5) is 16.1. The summed E-state index contributed by atoms with van der Waals surface area (Å²) in [5, 5.41) is 25.9. The lowest BCUT2D eigenvalue weighted by Crippen LogP contribution is -2.15. The van der Waals surface area contributed by atoms with Crippen LogP contribution in [0.25, 0.3) is 32.7 Å². The number of hydrogen-bond acceptors (Lipinski definition) is 10. The Morgan fingerprint density at radius 1 is 1.00 bits per heavy atom. The molecule has 10 nitrogen and oxygen atoms in total. The van der Waals surface area contributed by atoms with E-state index in [1.165, 1.54) is 25.6 Å². The summed E-state index contributed by atoms with van der Waals surface area (Å²) in [7, 11) is 3.05. The van der Waals surface area contributed by atoms with Crippen molar-refractivity contribution in [3.05, 3.63) is 69.2 Å². The zero-order chi connectivity index (χ0) is 25.9. The predicted molar refractivity (Wildman–Crippen MR) is 138 cm³/mol. The van der Waals surface area contributed by atoms with E-state index in [9.17, 15) is 9.90 Å². The quantitative estimate of drug-likeness (QED) is 0.287. The Morgan fingerprint density at radius 3 is 2.49 bits per heavy atom. The number of rotatable bonds is 9. The minimum absolute atomic E-state index is 0.00281. The van der Waals surface area contributed by atoms with Crippen molar-refractivity contribution in [2.24, 2.45) is 0 Å². The van der Waals surface area contributed by atoms with Gasteiger partial charge in [0, 0.05) is 18.4 Å². The summed E-state index contributed by atoms with van der Waals surface area (Å²) in [5.41, 5.74) is 2.07. The van der Waals surface area contributed by atoms with Crippen molar-refractivity contribution in [1.29, 1.82) is 0 Å². The molecule has 2 N–H and O–H groups in total. The minimum Gasteiger partial charge on any atom is -0.506 e. The third-order valence-corrected chi connectivity index (χ3v) is 6.79. The lowest BCUT2D eigenvalue weighted by molar-refractivity contribution is 0.131. The van der Waals surface area contributed by atoms with Crippen LogP contribution in [0.3, 0.4) is 0 Å². The molecule has 0 unspecified atom stereocenters. The Bertz CT molecular complexity index is 1600. The van der Waals surface area contributed by atoms with Crippen LogP contribution >= 0.6 is 11.3 Å². The van der Waals surface area contributed by atoms with E-state index in [0.29, 0.717) is 57.6 Å². The van der Waals surface area contributed by atoms with Gasteiger partial charge in [-0.25, -0.2) is 0 Å². The lowest BCUT2D eigenvalue weighted by atomic mass is 9.98. The Labute approximate surface area is 215 Å². The van der Waals surface area contributed by atoms with Crippen LogP contribution in [0.2, 0.25) is 0 Å². The molecule has 0 saturated carbocycles. The van der Waals surface area contributed by atoms with Gasteiger partial charge in [-0.2, -0.15) is 0 Å². The van der Waals surface area contributed by atoms with Gasteiger partial charge in [-0.15, -0.1) is 10.2 Å². The van der Waals surface area contributed by atoms with Gasteiger partial charge in [0.25, 0.3) is 5.56 Å². The molecule has 0 aliphatic carbocycles. The molecule has 0 atom stereocenters. The first kappa shape index (κ1) is 24.5. The molecular formula is C26H24N4O6S. The van der Waals surface area contributed by atoms with E-state index in [1.54, 1.807) is 18.2 Å². The summed E-state index contributed by atoms with van der Waals surface area (Å²) in [6, 6.07) is 12.8. The zero-order valence-corrected chi connectivity index (χ0v) is 21.2. The molecule has 0 fully saturated rings. The van der Waals surface area contributed by atoms with E-state index in [2.05, 4.69) is 20.3 Å². The van der Waals surface area contributed by atoms with Gasteiger partial charge in [0.1, 0.15) is 27.8 Å². The molecule has 190 valence electrons. The highest BCUT2D eigenvalue weighted by Crippen LogP contribution is 2.46. The number of aromatic nitrogens is 4. The second-order valence-electron chi connectivity index (χ2n) is 8.01. The fourth-order valence-electron chi connectivity index (χ4n) is 4.15. The largest absolute Gasteiger partial charge is 0.506 e. The van der Waals surface area contributed by atoms with Crippen molar-refractivity contribution in [1.82, 2.24) is 20.3 Å². The second-order valence-corrected chi connectivity index (χ2v) is 9.07. The molecule has 0 aliphatic heterocycles. The Hall–Kier alpha value is -4.22. The maximum absolute atomic E-state index is 13.2. The molecule has 3 heterocycles. The van der Waals surface area contributed by atoms with Gasteiger partial charge in [-0.3, -0.25) is 4.79 Å². The van der Waals surface area contributed by atoms with Gasteiger partial charge in [0.05, 0.1) is 43.3 Å². The van der Waals surface area contributed by atoms with E-state index in [1.807, 2.05) is 31.2 Å². The van der Waals surface area contributed by atoms with Crippen LogP contribution in [0.5, 0.6) is 17.2 Å². The predicted octanol–water partition coefficient (Wildman–Crippen LogP) is 4.55. The molecule has 0 amide bonds. The van der Waals surface area contributed by atoms with Crippen molar-refractivity contribution >= 4 is 22.3 Å². The van der Waals surface area contributed by atoms with Gasteiger partial charge in [0.2, 0.25) is 0 Å². The molecule has 5 rings (SSSR count). The number of nitrogens with one attached hydrogen (secondary N) is 1. The van der Waals surface area contributed by atoms with Crippen LogP contribution in [0.1, 0.15) is 23.3 Å². The van der Waals surface area contributed by atoms with Crippen molar-refractivity contribution in [2.75, 3.05) is 20.8 Å². The summed E-state index contributed by atoms with van der Waals surface area (Å²) >= 11 is 1.19. The third kappa shape index (κ3) is 4.54. The van der Waals surface area contributed by atoms with Crippen LogP contribution in [-0.4, -0.2) is 46.3 Å². The van der Waals surface area contributed by atoms with Crippen LogP contribution in [0, 0.1) is 0 Å². The van der Waals surface area contributed by atoms with Gasteiger partial charge < -0.3 is 28.8 Å². The lowest BCUT2D eigenvalue weighted by Gasteiger charge is -2.18. The number of pyridine rings is 1. The topological polar surface area (TPSA) is 133 Å². The number of H-pyrrole nitrogens is 1. The number of ether oxygens (including phenoxy) is 3. The van der Waals surface area contributed by atoms with Crippen LogP contribution in [0.15, 0.2) is 51.8 Å². The number of methoxy groups -OCH3 is 2. The average molecular weight is 521 g/mol. The molecule has 0 radical (unpaired) electrons. The molecule has 5 aromatic rings. The normalized spacial score (nSPS) is 11.2. The van der Waals surface area contributed by atoms with Gasteiger partial charge in [-0.05, 0) is 31.2 Å². The molecule has 37 heavy (non-hydrogen) atoms. The van der Waals surface area contributed by atoms with E-state index in [-0.39, 0.29) is 22.9 Å². The molecule has 0 bridgehead atoms. The van der Waals surface area contributed by atoms with Crippen molar-refractivity contribution in [2.45, 2.75) is 20.0 Å². The number of para-hydroxylation sites is 1. The number of fused-ring (bicyclic) bond motifs is 1. The summed E-state index contributed by atoms with van der Waals surface area (Å²) in [5.74, 6) is 0.651. The van der Waals surface area contributed by atoms with Gasteiger partial charge in [0.15, 0.2) is 10.6 Å². The van der Waals surface area contributed by atoms with E-state index in [4.69, 9.17) is 18.7 Å². The molecule has 0 saturated heterocycles. The first-order valence-electron chi connectivity index (χ1n) is 11.5. The molecule has 3 aromatic heterocycles. The fourth-order valence-corrected chi connectivity index (χ4v) is 5.04.